The number of hydrogen-bond acceptors (Lipinski definition) is 1. The lowest BCUT2D eigenvalue weighted by Crippen LogP contribution is -2.17. The van der Waals surface area contributed by atoms with Gasteiger partial charge in [-0.05, 0) is 20.1 Å². The van der Waals surface area contributed by atoms with Crippen LogP contribution in [-0.4, -0.2) is 32.9 Å². The molecule has 0 heterocycles. The largest absolute Gasteiger partial charge is 0.307 e. The molecule has 0 saturated carbocycles. The van der Waals surface area contributed by atoms with E-state index in [2.05, 4.69) is 18.9 Å². The molecule has 0 spiro atoms. The van der Waals surface area contributed by atoms with Gasteiger partial charge in [0.1, 0.15) is 0 Å². The molecule has 0 bridgehead atoms. The highest BCUT2D eigenvalue weighted by atomic mass is 15.1. The highest BCUT2D eigenvalue weighted by molar-refractivity contribution is 6.08. The second kappa shape index (κ2) is 4.19. The Bertz CT molecular complexity index is 39.1. The molecule has 0 unspecified atom stereocenters. The third kappa shape index (κ3) is 3.87. The molecule has 1 nitrogen and oxygen atoms in total. The predicted octanol–water partition coefficient (Wildman–Crippen LogP) is 0.525. The quantitative estimate of drug-likeness (QED) is 0.464. The third-order valence-corrected chi connectivity index (χ3v) is 1.05. The Morgan fingerprint density at radius 1 is 1.57 bits per heavy atom. The van der Waals surface area contributed by atoms with Crippen LogP contribution in [0.3, 0.4) is 0 Å². The zero-order chi connectivity index (χ0) is 5.70. The van der Waals surface area contributed by atoms with E-state index in [-0.39, 0.29) is 0 Å². The summed E-state index contributed by atoms with van der Waals surface area (Å²) in [7, 11) is 7.33. The van der Waals surface area contributed by atoms with Crippen molar-refractivity contribution in [3.63, 3.8) is 0 Å². The second-order valence-corrected chi connectivity index (χ2v) is 1.68. The van der Waals surface area contributed by atoms with Crippen molar-refractivity contribution in [3.8, 4) is 0 Å². The van der Waals surface area contributed by atoms with Gasteiger partial charge in [0.25, 0.3) is 0 Å². The van der Waals surface area contributed by atoms with E-state index < -0.39 is 0 Å². The minimum atomic E-state index is 0.768. The highest BCUT2D eigenvalue weighted by Crippen LogP contribution is 1.80. The van der Waals surface area contributed by atoms with Gasteiger partial charge in [-0.25, -0.2) is 0 Å². The monoisotopic (exact) mass is 97.1 g/mol. The van der Waals surface area contributed by atoms with Crippen LogP contribution in [0.4, 0.5) is 0 Å². The molecule has 0 aromatic carbocycles. The van der Waals surface area contributed by atoms with Gasteiger partial charge in [0, 0.05) is 0 Å². The minimum absolute atomic E-state index is 0.768. The average molecular weight is 97.0 g/mol. The summed E-state index contributed by atoms with van der Waals surface area (Å²) in [5, 5.41) is 0. The Balaban J connectivity index is 2.83. The van der Waals surface area contributed by atoms with Gasteiger partial charge < -0.3 is 4.90 Å². The van der Waals surface area contributed by atoms with Crippen molar-refractivity contribution in [2.24, 2.45) is 0 Å². The van der Waals surface area contributed by atoms with Crippen LogP contribution in [0.2, 0.25) is 6.32 Å². The maximum absolute atomic E-state index is 5.26. The molecule has 0 N–H and O–H groups in total. The van der Waals surface area contributed by atoms with Gasteiger partial charge in [0.2, 0.25) is 0 Å². The Morgan fingerprint density at radius 3 is 2.29 bits per heavy atom. The summed E-state index contributed by atoms with van der Waals surface area (Å²) in [4.78, 5) is 2.18. The molecule has 0 saturated heterocycles. The molecule has 2 heteroatoms. The minimum Gasteiger partial charge on any atom is -0.307 e. The fraction of sp³-hybridized carbons (Fsp3) is 1.00. The van der Waals surface area contributed by atoms with Gasteiger partial charge in [-0.15, -0.1) is 0 Å². The van der Waals surface area contributed by atoms with E-state index in [0.717, 1.165) is 19.4 Å². The van der Waals surface area contributed by atoms with Crippen LogP contribution in [0.15, 0.2) is 0 Å². The van der Waals surface area contributed by atoms with Crippen LogP contribution >= 0.6 is 0 Å². The topological polar surface area (TPSA) is 3.24 Å². The van der Waals surface area contributed by atoms with Gasteiger partial charge >= 0.3 is 0 Å². The van der Waals surface area contributed by atoms with Gasteiger partial charge in [0.15, 0.2) is 0 Å². The first-order valence-corrected chi connectivity index (χ1v) is 2.70. The smallest absolute Gasteiger partial charge is 0.0670 e. The van der Waals surface area contributed by atoms with E-state index in [4.69, 9.17) is 7.85 Å². The van der Waals surface area contributed by atoms with Crippen LogP contribution in [0.1, 0.15) is 6.92 Å². The van der Waals surface area contributed by atoms with Crippen molar-refractivity contribution in [2.75, 3.05) is 20.1 Å². The van der Waals surface area contributed by atoms with Crippen molar-refractivity contribution < 1.29 is 0 Å². The van der Waals surface area contributed by atoms with Gasteiger partial charge in [-0.1, -0.05) is 13.2 Å². The van der Waals surface area contributed by atoms with Crippen molar-refractivity contribution in [2.45, 2.75) is 13.2 Å². The molecule has 0 rings (SSSR count). The Hall–Kier alpha value is 0.0249. The van der Waals surface area contributed by atoms with Crippen LogP contribution < -0.4 is 0 Å². The normalized spacial score (nSPS) is 10.1. The Kier molecular flexibility index (Phi) is 4.21. The summed E-state index contributed by atoms with van der Waals surface area (Å²) in [5.74, 6) is 0. The molecule has 2 radical (unpaired) electrons. The molecule has 7 heavy (non-hydrogen) atoms. The lowest BCUT2D eigenvalue weighted by Gasteiger charge is -2.10. The lowest BCUT2D eigenvalue weighted by atomic mass is 10.1. The first-order valence-electron chi connectivity index (χ1n) is 2.70. The highest BCUT2D eigenvalue weighted by Gasteiger charge is 1.86. The van der Waals surface area contributed by atoms with Gasteiger partial charge in [-0.3, -0.25) is 0 Å². The van der Waals surface area contributed by atoms with Gasteiger partial charge in [-0.2, -0.15) is 0 Å². The van der Waals surface area contributed by atoms with Crippen LogP contribution in [0.5, 0.6) is 0 Å². The molecular weight excluding hydrogens is 84.9 g/mol. The molecule has 40 valence electrons. The SMILES string of the molecule is [B]CCN(C)CC. The molecule has 0 atom stereocenters. The van der Waals surface area contributed by atoms with E-state index in [1.165, 1.54) is 0 Å². The summed E-state index contributed by atoms with van der Waals surface area (Å²) in [6.07, 6.45) is 0.768. The number of hydrogen-bond donors (Lipinski definition) is 0. The van der Waals surface area contributed by atoms with Crippen molar-refractivity contribution in [1.82, 2.24) is 4.90 Å². The van der Waals surface area contributed by atoms with Crippen molar-refractivity contribution in [3.05, 3.63) is 0 Å². The van der Waals surface area contributed by atoms with E-state index in [0.29, 0.717) is 0 Å². The Labute approximate surface area is 47.1 Å². The molecule has 0 aliphatic carbocycles. The maximum atomic E-state index is 5.26. The molecule has 0 aromatic rings. The Morgan fingerprint density at radius 2 is 2.14 bits per heavy atom. The lowest BCUT2D eigenvalue weighted by molar-refractivity contribution is 0.373. The molecule has 0 aliphatic heterocycles. The summed E-state index contributed by atoms with van der Waals surface area (Å²) in [5.41, 5.74) is 0. The van der Waals surface area contributed by atoms with E-state index in [1.54, 1.807) is 0 Å². The summed E-state index contributed by atoms with van der Waals surface area (Å²) in [6.45, 7) is 4.23. The standard InChI is InChI=1S/C5H12BN/c1-3-7(2)5-4-6/h3-5H2,1-2H3. The van der Waals surface area contributed by atoms with Crippen LogP contribution in [0.25, 0.3) is 0 Å². The first kappa shape index (κ1) is 7.02. The van der Waals surface area contributed by atoms with Crippen LogP contribution in [0, 0.1) is 0 Å². The van der Waals surface area contributed by atoms with Gasteiger partial charge in [0.05, 0.1) is 7.85 Å². The molecule has 0 aromatic heterocycles. The zero-order valence-corrected chi connectivity index (χ0v) is 5.15. The fourth-order valence-corrected chi connectivity index (χ4v) is 0.379. The van der Waals surface area contributed by atoms with E-state index >= 15 is 0 Å². The number of nitrogens with zero attached hydrogens (tertiary/aromatic N) is 1. The van der Waals surface area contributed by atoms with Crippen molar-refractivity contribution in [1.29, 1.82) is 0 Å². The fourth-order valence-electron chi connectivity index (χ4n) is 0.379. The predicted molar refractivity (Wildman–Crippen MR) is 33.7 cm³/mol. The average Bonchev–Trinajstić information content (AvgIpc) is 1.68. The molecular formula is C5H12BN. The molecule has 0 amide bonds. The number of rotatable bonds is 3. The summed E-state index contributed by atoms with van der Waals surface area (Å²) >= 11 is 0. The summed E-state index contributed by atoms with van der Waals surface area (Å²) in [6, 6.07) is 0. The van der Waals surface area contributed by atoms with E-state index in [9.17, 15) is 0 Å². The zero-order valence-electron chi connectivity index (χ0n) is 5.15. The molecule has 0 fully saturated rings. The van der Waals surface area contributed by atoms with Crippen LogP contribution in [-0.2, 0) is 0 Å². The molecule has 0 aliphatic rings. The second-order valence-electron chi connectivity index (χ2n) is 1.68. The maximum Gasteiger partial charge on any atom is 0.0670 e. The summed E-state index contributed by atoms with van der Waals surface area (Å²) < 4.78 is 0. The third-order valence-electron chi connectivity index (χ3n) is 1.05. The van der Waals surface area contributed by atoms with E-state index in [1.807, 2.05) is 0 Å². The van der Waals surface area contributed by atoms with Crippen molar-refractivity contribution >= 4 is 7.85 Å². The first-order chi connectivity index (χ1) is 3.31.